The van der Waals surface area contributed by atoms with Gasteiger partial charge in [-0.2, -0.15) is 13.2 Å². The molecule has 0 amide bonds. The summed E-state index contributed by atoms with van der Waals surface area (Å²) < 4.78 is 43.0. The minimum atomic E-state index is -4.06. The minimum Gasteiger partial charge on any atom is -0.385 e. The third-order valence-corrected chi connectivity index (χ3v) is 2.81. The number of anilines is 1. The number of alkyl halides is 3. The van der Waals surface area contributed by atoms with Crippen molar-refractivity contribution >= 4 is 5.95 Å². The fourth-order valence-corrected chi connectivity index (χ4v) is 1.88. The maximum atomic E-state index is 12.1. The third kappa shape index (κ3) is 6.79. The van der Waals surface area contributed by atoms with Crippen molar-refractivity contribution in [2.75, 3.05) is 25.6 Å². The molecule has 1 aromatic rings. The molecule has 0 spiro atoms. The number of hydrogen-bond acceptors (Lipinski definition) is 3. The summed E-state index contributed by atoms with van der Waals surface area (Å²) in [5, 5.41) is 3.18. The summed E-state index contributed by atoms with van der Waals surface area (Å²) >= 11 is 0. The summed E-state index contributed by atoms with van der Waals surface area (Å²) in [6.07, 6.45) is -1.45. The Labute approximate surface area is 117 Å². The van der Waals surface area contributed by atoms with Crippen LogP contribution in [0.5, 0.6) is 0 Å². The predicted molar refractivity (Wildman–Crippen MR) is 71.9 cm³/mol. The van der Waals surface area contributed by atoms with Crippen molar-refractivity contribution in [3.05, 3.63) is 11.9 Å². The molecular formula is C13H22F3N3O. The van der Waals surface area contributed by atoms with Gasteiger partial charge in [-0.1, -0.05) is 0 Å². The number of aromatic nitrogens is 2. The molecule has 0 aromatic carbocycles. The number of ether oxygens (including phenoxy) is 1. The molecule has 1 heterocycles. The van der Waals surface area contributed by atoms with Gasteiger partial charge in [0.1, 0.15) is 0 Å². The van der Waals surface area contributed by atoms with Gasteiger partial charge in [0, 0.05) is 39.4 Å². The van der Waals surface area contributed by atoms with E-state index < -0.39 is 12.6 Å². The molecule has 1 N–H and O–H groups in total. The molecule has 0 atom stereocenters. The Balaban J connectivity index is 2.36. The van der Waals surface area contributed by atoms with Gasteiger partial charge in [0.2, 0.25) is 5.95 Å². The summed E-state index contributed by atoms with van der Waals surface area (Å²) in [5.74, 6) is 0.714. The molecule has 1 rings (SSSR count). The normalized spacial score (nSPS) is 11.8. The molecule has 0 saturated heterocycles. The number of aryl methyl sites for hydroxylation is 2. The molecule has 4 nitrogen and oxygen atoms in total. The van der Waals surface area contributed by atoms with Crippen LogP contribution in [0.3, 0.4) is 0 Å². The van der Waals surface area contributed by atoms with Crippen molar-refractivity contribution < 1.29 is 17.9 Å². The second-order valence-corrected chi connectivity index (χ2v) is 4.74. The summed E-state index contributed by atoms with van der Waals surface area (Å²) in [4.78, 5) is 4.32. The molecule has 7 heteroatoms. The monoisotopic (exact) mass is 293 g/mol. The topological polar surface area (TPSA) is 39.1 Å². The lowest BCUT2D eigenvalue weighted by atomic mass is 10.2. The number of imidazole rings is 1. The number of nitrogens with zero attached hydrogens (tertiary/aromatic N) is 2. The molecule has 0 fully saturated rings. The highest BCUT2D eigenvalue weighted by molar-refractivity contribution is 5.28. The third-order valence-electron chi connectivity index (χ3n) is 2.81. The maximum absolute atomic E-state index is 12.1. The highest BCUT2D eigenvalue weighted by atomic mass is 19.4. The second kappa shape index (κ2) is 8.14. The van der Waals surface area contributed by atoms with Crippen LogP contribution >= 0.6 is 0 Å². The van der Waals surface area contributed by atoms with E-state index in [4.69, 9.17) is 4.74 Å². The van der Waals surface area contributed by atoms with Crippen LogP contribution in [-0.4, -0.2) is 36.0 Å². The lowest BCUT2D eigenvalue weighted by molar-refractivity contribution is -0.135. The average Bonchev–Trinajstić information content (AvgIpc) is 2.70. The van der Waals surface area contributed by atoms with Gasteiger partial charge in [0.25, 0.3) is 0 Å². The fraction of sp³-hybridized carbons (Fsp3) is 0.769. The van der Waals surface area contributed by atoms with Crippen LogP contribution in [0.25, 0.3) is 0 Å². The standard InChI is InChI=1S/C13H22F3N3O/c1-11-10-19(8-4-3-6-13(14,15)16)12(18-11)17-7-5-9-20-2/h10H,3-9H2,1-2H3,(H,17,18). The molecule has 0 radical (unpaired) electrons. The molecule has 1 aromatic heterocycles. The Morgan fingerprint density at radius 3 is 2.70 bits per heavy atom. The van der Waals surface area contributed by atoms with Crippen molar-refractivity contribution in [1.82, 2.24) is 9.55 Å². The van der Waals surface area contributed by atoms with Crippen molar-refractivity contribution in [2.45, 2.75) is 45.3 Å². The molecule has 116 valence electrons. The van der Waals surface area contributed by atoms with Crippen LogP contribution in [0, 0.1) is 6.92 Å². The van der Waals surface area contributed by atoms with E-state index in [0.717, 1.165) is 18.7 Å². The number of halogens is 3. The Bertz CT molecular complexity index is 391. The summed E-state index contributed by atoms with van der Waals surface area (Å²) in [7, 11) is 1.64. The van der Waals surface area contributed by atoms with Gasteiger partial charge < -0.3 is 14.6 Å². The molecule has 0 unspecified atom stereocenters. The Hall–Kier alpha value is -1.24. The summed E-state index contributed by atoms with van der Waals surface area (Å²) in [6, 6.07) is 0. The van der Waals surface area contributed by atoms with Gasteiger partial charge in [-0.25, -0.2) is 4.98 Å². The molecule has 20 heavy (non-hydrogen) atoms. The van der Waals surface area contributed by atoms with Gasteiger partial charge in [-0.3, -0.25) is 0 Å². The zero-order valence-corrected chi connectivity index (χ0v) is 12.0. The number of unbranched alkanes of at least 4 members (excludes halogenated alkanes) is 1. The van der Waals surface area contributed by atoms with Crippen LogP contribution in [0.1, 0.15) is 31.4 Å². The van der Waals surface area contributed by atoms with Crippen molar-refractivity contribution in [1.29, 1.82) is 0 Å². The predicted octanol–water partition coefficient (Wildman–Crippen LogP) is 3.37. The minimum absolute atomic E-state index is 0.143. The first-order chi connectivity index (χ1) is 9.42. The molecule has 0 bridgehead atoms. The fourth-order valence-electron chi connectivity index (χ4n) is 1.88. The first kappa shape index (κ1) is 16.8. The first-order valence-corrected chi connectivity index (χ1v) is 6.75. The van der Waals surface area contributed by atoms with E-state index in [9.17, 15) is 13.2 Å². The van der Waals surface area contributed by atoms with Crippen molar-refractivity contribution in [2.24, 2.45) is 0 Å². The molecule has 0 saturated carbocycles. The van der Waals surface area contributed by atoms with Crippen LogP contribution in [0.15, 0.2) is 6.20 Å². The average molecular weight is 293 g/mol. The number of hydrogen-bond donors (Lipinski definition) is 1. The Kier molecular flexibility index (Phi) is 6.84. The van der Waals surface area contributed by atoms with Crippen LogP contribution in [0.4, 0.5) is 19.1 Å². The molecule has 0 aliphatic heterocycles. The van der Waals surface area contributed by atoms with Crippen LogP contribution in [-0.2, 0) is 11.3 Å². The molecular weight excluding hydrogens is 271 g/mol. The number of rotatable bonds is 9. The number of methoxy groups -OCH3 is 1. The van der Waals surface area contributed by atoms with Gasteiger partial charge >= 0.3 is 6.18 Å². The van der Waals surface area contributed by atoms with Crippen molar-refractivity contribution in [3.8, 4) is 0 Å². The van der Waals surface area contributed by atoms with Crippen LogP contribution in [0.2, 0.25) is 0 Å². The van der Waals surface area contributed by atoms with E-state index in [2.05, 4.69) is 10.3 Å². The molecule has 0 aliphatic rings. The second-order valence-electron chi connectivity index (χ2n) is 4.74. The van der Waals surface area contributed by atoms with E-state index in [1.165, 1.54) is 0 Å². The van der Waals surface area contributed by atoms with Gasteiger partial charge in [-0.05, 0) is 26.2 Å². The van der Waals surface area contributed by atoms with E-state index in [-0.39, 0.29) is 6.42 Å². The number of nitrogens with one attached hydrogen (secondary N) is 1. The van der Waals surface area contributed by atoms with Crippen molar-refractivity contribution in [3.63, 3.8) is 0 Å². The molecule has 0 aliphatic carbocycles. The lowest BCUT2D eigenvalue weighted by Gasteiger charge is -2.10. The zero-order chi connectivity index (χ0) is 15.0. The summed E-state index contributed by atoms with van der Waals surface area (Å²) in [5.41, 5.74) is 0.857. The highest BCUT2D eigenvalue weighted by Crippen LogP contribution is 2.22. The van der Waals surface area contributed by atoms with E-state index in [1.807, 2.05) is 17.7 Å². The van der Waals surface area contributed by atoms with Gasteiger partial charge in [0.15, 0.2) is 0 Å². The first-order valence-electron chi connectivity index (χ1n) is 6.75. The maximum Gasteiger partial charge on any atom is 0.389 e. The highest BCUT2D eigenvalue weighted by Gasteiger charge is 2.25. The smallest absolute Gasteiger partial charge is 0.385 e. The van der Waals surface area contributed by atoms with E-state index in [0.29, 0.717) is 25.5 Å². The SMILES string of the molecule is COCCCNc1nc(C)cn1CCCCC(F)(F)F. The van der Waals surface area contributed by atoms with E-state index in [1.54, 1.807) is 7.11 Å². The van der Waals surface area contributed by atoms with Crippen LogP contribution < -0.4 is 5.32 Å². The quantitative estimate of drug-likeness (QED) is 0.709. The lowest BCUT2D eigenvalue weighted by Crippen LogP contribution is -2.11. The zero-order valence-electron chi connectivity index (χ0n) is 12.0. The largest absolute Gasteiger partial charge is 0.389 e. The van der Waals surface area contributed by atoms with Gasteiger partial charge in [-0.15, -0.1) is 0 Å². The summed E-state index contributed by atoms with van der Waals surface area (Å²) in [6.45, 7) is 3.81. The van der Waals surface area contributed by atoms with E-state index >= 15 is 0 Å². The van der Waals surface area contributed by atoms with Gasteiger partial charge in [0.05, 0.1) is 5.69 Å². The Morgan fingerprint density at radius 1 is 1.30 bits per heavy atom. The Morgan fingerprint density at radius 2 is 2.05 bits per heavy atom.